The largest absolute Gasteiger partial charge is 0.480 e. The Bertz CT molecular complexity index is 1260. The van der Waals surface area contributed by atoms with Gasteiger partial charge in [0.2, 0.25) is 5.91 Å². The van der Waals surface area contributed by atoms with E-state index in [2.05, 4.69) is 20.6 Å². The van der Waals surface area contributed by atoms with Crippen LogP contribution in [0.5, 0.6) is 0 Å². The van der Waals surface area contributed by atoms with Crippen LogP contribution in [0.15, 0.2) is 48.8 Å². The maximum atomic E-state index is 12.9. The number of benzene rings is 1. The molecule has 182 valence electrons. The van der Waals surface area contributed by atoms with Gasteiger partial charge in [0.15, 0.2) is 0 Å². The van der Waals surface area contributed by atoms with Crippen LogP contribution < -0.4 is 10.6 Å². The van der Waals surface area contributed by atoms with E-state index in [0.717, 1.165) is 23.7 Å². The van der Waals surface area contributed by atoms with Crippen LogP contribution in [-0.4, -0.2) is 38.4 Å². The van der Waals surface area contributed by atoms with Crippen LogP contribution in [0, 0.1) is 12.8 Å². The van der Waals surface area contributed by atoms with E-state index in [9.17, 15) is 19.5 Å². The minimum Gasteiger partial charge on any atom is -0.480 e. The number of anilines is 1. The average Bonchev–Trinajstić information content (AvgIpc) is 2.83. The van der Waals surface area contributed by atoms with Gasteiger partial charge in [-0.15, -0.1) is 0 Å². The Morgan fingerprint density at radius 2 is 1.71 bits per heavy atom. The van der Waals surface area contributed by atoms with Gasteiger partial charge in [-0.05, 0) is 82.2 Å². The molecule has 35 heavy (non-hydrogen) atoms. The highest BCUT2D eigenvalue weighted by Gasteiger charge is 2.33. The molecule has 2 amide bonds. The predicted octanol–water partition coefficient (Wildman–Crippen LogP) is 4.44. The lowest BCUT2D eigenvalue weighted by Gasteiger charge is -2.30. The molecule has 3 N–H and O–H groups in total. The van der Waals surface area contributed by atoms with Crippen molar-refractivity contribution < 1.29 is 19.5 Å². The SMILES string of the molecule is Cc1nc2ccncc2cc1C(=O)Nc1ccc(C2CCC(C(=O)NC(C)(C)C(=O)O)CC2)cc1. The number of aromatic nitrogens is 2. The molecule has 0 radical (unpaired) electrons. The zero-order valence-electron chi connectivity index (χ0n) is 20.2. The first-order valence-corrected chi connectivity index (χ1v) is 11.8. The molecule has 1 aliphatic carbocycles. The monoisotopic (exact) mass is 474 g/mol. The highest BCUT2D eigenvalue weighted by atomic mass is 16.4. The first-order valence-electron chi connectivity index (χ1n) is 11.8. The fraction of sp³-hybridized carbons (Fsp3) is 0.370. The van der Waals surface area contributed by atoms with Crippen LogP contribution in [0.2, 0.25) is 0 Å². The lowest BCUT2D eigenvalue weighted by atomic mass is 9.78. The van der Waals surface area contributed by atoms with E-state index in [-0.39, 0.29) is 17.7 Å². The summed E-state index contributed by atoms with van der Waals surface area (Å²) in [6.45, 7) is 4.81. The number of pyridine rings is 2. The normalized spacial score (nSPS) is 18.1. The zero-order valence-corrected chi connectivity index (χ0v) is 20.2. The molecular weight excluding hydrogens is 444 g/mol. The van der Waals surface area contributed by atoms with Gasteiger partial charge in [0.25, 0.3) is 5.91 Å². The summed E-state index contributed by atoms with van der Waals surface area (Å²) in [5, 5.41) is 15.6. The van der Waals surface area contributed by atoms with Gasteiger partial charge in [-0.25, -0.2) is 4.79 Å². The van der Waals surface area contributed by atoms with Crippen LogP contribution >= 0.6 is 0 Å². The molecule has 0 aliphatic heterocycles. The van der Waals surface area contributed by atoms with Gasteiger partial charge in [-0.3, -0.25) is 19.6 Å². The van der Waals surface area contributed by atoms with Crippen molar-refractivity contribution in [2.45, 2.75) is 57.9 Å². The zero-order chi connectivity index (χ0) is 25.2. The molecule has 3 aromatic rings. The van der Waals surface area contributed by atoms with E-state index < -0.39 is 11.5 Å². The number of hydrogen-bond donors (Lipinski definition) is 3. The maximum Gasteiger partial charge on any atom is 0.328 e. The van der Waals surface area contributed by atoms with Crippen molar-refractivity contribution in [2.75, 3.05) is 5.32 Å². The van der Waals surface area contributed by atoms with E-state index in [0.29, 0.717) is 35.7 Å². The van der Waals surface area contributed by atoms with Crippen molar-refractivity contribution in [1.82, 2.24) is 15.3 Å². The van der Waals surface area contributed by atoms with Crippen LogP contribution in [0.1, 0.15) is 67.1 Å². The van der Waals surface area contributed by atoms with Crippen LogP contribution in [0.4, 0.5) is 5.69 Å². The van der Waals surface area contributed by atoms with Gasteiger partial charge in [0, 0.05) is 29.4 Å². The number of nitrogens with zero attached hydrogens (tertiary/aromatic N) is 2. The number of nitrogens with one attached hydrogen (secondary N) is 2. The Morgan fingerprint density at radius 1 is 1.03 bits per heavy atom. The summed E-state index contributed by atoms with van der Waals surface area (Å²) in [5.74, 6) is -1.30. The van der Waals surface area contributed by atoms with Crippen molar-refractivity contribution in [3.05, 3.63) is 65.6 Å². The number of carboxylic acids is 1. The number of amides is 2. The molecule has 1 fully saturated rings. The highest BCUT2D eigenvalue weighted by molar-refractivity contribution is 6.06. The Hall–Kier alpha value is -3.81. The molecule has 1 aliphatic rings. The Labute approximate surface area is 204 Å². The fourth-order valence-corrected chi connectivity index (χ4v) is 4.53. The number of carbonyl (C=O) groups excluding carboxylic acids is 2. The van der Waals surface area contributed by atoms with Gasteiger partial charge in [-0.2, -0.15) is 0 Å². The lowest BCUT2D eigenvalue weighted by Crippen LogP contribution is -2.51. The fourth-order valence-electron chi connectivity index (χ4n) is 4.53. The second kappa shape index (κ2) is 9.82. The maximum absolute atomic E-state index is 12.9. The van der Waals surface area contributed by atoms with E-state index in [1.54, 1.807) is 18.5 Å². The molecule has 8 nitrogen and oxygen atoms in total. The molecule has 0 bridgehead atoms. The van der Waals surface area contributed by atoms with E-state index in [1.165, 1.54) is 19.4 Å². The Balaban J connectivity index is 1.35. The molecule has 2 aromatic heterocycles. The molecule has 4 rings (SSSR count). The molecule has 0 unspecified atom stereocenters. The molecule has 2 heterocycles. The van der Waals surface area contributed by atoms with Crippen molar-refractivity contribution in [2.24, 2.45) is 5.92 Å². The molecular formula is C27H30N4O4. The molecule has 8 heteroatoms. The lowest BCUT2D eigenvalue weighted by molar-refractivity contribution is -0.146. The standard InChI is InChI=1S/C27H30N4O4/c1-16-22(14-20-15-28-13-12-23(20)29-16)25(33)30-21-10-8-18(9-11-21)17-4-6-19(7-5-17)24(32)31-27(2,3)26(34)35/h8-15,17,19H,4-7H2,1-3H3,(H,30,33)(H,31,32)(H,34,35). The quantitative estimate of drug-likeness (QED) is 0.485. The van der Waals surface area contributed by atoms with Crippen LogP contribution in [0.25, 0.3) is 10.9 Å². The third-order valence-corrected chi connectivity index (χ3v) is 6.76. The summed E-state index contributed by atoms with van der Waals surface area (Å²) < 4.78 is 0. The minimum absolute atomic E-state index is 0.169. The van der Waals surface area contributed by atoms with Gasteiger partial charge in [-0.1, -0.05) is 12.1 Å². The topological polar surface area (TPSA) is 121 Å². The van der Waals surface area contributed by atoms with Gasteiger partial charge < -0.3 is 15.7 Å². The number of carbonyl (C=O) groups is 3. The summed E-state index contributed by atoms with van der Waals surface area (Å²) >= 11 is 0. The van der Waals surface area contributed by atoms with Gasteiger partial charge >= 0.3 is 5.97 Å². The second-order valence-corrected chi connectivity index (χ2v) is 9.73. The van der Waals surface area contributed by atoms with Crippen molar-refractivity contribution in [1.29, 1.82) is 0 Å². The summed E-state index contributed by atoms with van der Waals surface area (Å²) in [7, 11) is 0. The predicted molar refractivity (Wildman–Crippen MR) is 133 cm³/mol. The first kappa shape index (κ1) is 24.3. The Morgan fingerprint density at radius 3 is 2.37 bits per heavy atom. The molecule has 0 atom stereocenters. The third-order valence-electron chi connectivity index (χ3n) is 6.76. The highest BCUT2D eigenvalue weighted by Crippen LogP contribution is 2.36. The molecule has 1 saturated carbocycles. The van der Waals surface area contributed by atoms with Crippen LogP contribution in [0.3, 0.4) is 0 Å². The van der Waals surface area contributed by atoms with Crippen LogP contribution in [-0.2, 0) is 9.59 Å². The number of rotatable bonds is 6. The van der Waals surface area contributed by atoms with Gasteiger partial charge in [0.05, 0.1) is 16.8 Å². The number of aryl methyl sites for hydroxylation is 1. The van der Waals surface area contributed by atoms with Crippen molar-refractivity contribution in [3.8, 4) is 0 Å². The van der Waals surface area contributed by atoms with Crippen molar-refractivity contribution in [3.63, 3.8) is 0 Å². The first-order chi connectivity index (χ1) is 16.6. The summed E-state index contributed by atoms with van der Waals surface area (Å²) in [4.78, 5) is 45.2. The van der Waals surface area contributed by atoms with E-state index >= 15 is 0 Å². The summed E-state index contributed by atoms with van der Waals surface area (Å²) in [6, 6.07) is 11.5. The van der Waals surface area contributed by atoms with E-state index in [4.69, 9.17) is 0 Å². The number of aliphatic carboxylic acids is 1. The number of carboxylic acid groups (broad SMARTS) is 1. The smallest absolute Gasteiger partial charge is 0.328 e. The minimum atomic E-state index is -1.27. The molecule has 0 spiro atoms. The van der Waals surface area contributed by atoms with Crippen molar-refractivity contribution >= 4 is 34.4 Å². The van der Waals surface area contributed by atoms with Gasteiger partial charge in [0.1, 0.15) is 5.54 Å². The third kappa shape index (κ3) is 5.48. The summed E-state index contributed by atoms with van der Waals surface area (Å²) in [5.41, 5.74) is 2.57. The molecule has 1 aromatic carbocycles. The number of hydrogen-bond acceptors (Lipinski definition) is 5. The summed E-state index contributed by atoms with van der Waals surface area (Å²) in [6.07, 6.45) is 6.51. The Kier molecular flexibility index (Phi) is 6.82. The average molecular weight is 475 g/mol. The van der Waals surface area contributed by atoms with E-state index in [1.807, 2.05) is 37.3 Å². The molecule has 0 saturated heterocycles. The second-order valence-electron chi connectivity index (χ2n) is 9.73. The number of fused-ring (bicyclic) bond motifs is 1.